The molecule has 0 aliphatic heterocycles. The van der Waals surface area contributed by atoms with E-state index >= 15 is 0 Å². The normalized spacial score (nSPS) is 14.3. The summed E-state index contributed by atoms with van der Waals surface area (Å²) in [5, 5.41) is 2.52. The van der Waals surface area contributed by atoms with Crippen LogP contribution in [0.2, 0.25) is 0 Å². The van der Waals surface area contributed by atoms with Gasteiger partial charge in [-0.25, -0.2) is 4.79 Å². The highest BCUT2D eigenvalue weighted by molar-refractivity contribution is 7.58. The molecule has 0 spiro atoms. The summed E-state index contributed by atoms with van der Waals surface area (Å²) >= 11 is 0. The van der Waals surface area contributed by atoms with Gasteiger partial charge in [0.15, 0.2) is 0 Å². The Morgan fingerprint density at radius 1 is 1.06 bits per heavy atom. The Hall–Kier alpha value is -3.07. The molecule has 0 saturated heterocycles. The van der Waals surface area contributed by atoms with Crippen molar-refractivity contribution in [1.82, 2.24) is 5.32 Å². The fourth-order valence-electron chi connectivity index (χ4n) is 3.10. The lowest BCUT2D eigenvalue weighted by atomic mass is 10.1. The van der Waals surface area contributed by atoms with Gasteiger partial charge in [-0.2, -0.15) is 0 Å². The molecule has 0 fully saturated rings. The van der Waals surface area contributed by atoms with Crippen molar-refractivity contribution in [2.45, 2.75) is 32.2 Å². The highest BCUT2D eigenvalue weighted by atomic mass is 31.2. The van der Waals surface area contributed by atoms with Crippen molar-refractivity contribution >= 4 is 19.4 Å². The summed E-state index contributed by atoms with van der Waals surface area (Å²) in [5.74, 6) is -0.394. The summed E-state index contributed by atoms with van der Waals surface area (Å²) in [5.41, 5.74) is 1.53. The van der Waals surface area contributed by atoms with Gasteiger partial charge in [0, 0.05) is 19.0 Å². The molecule has 2 aromatic carbocycles. The summed E-state index contributed by atoms with van der Waals surface area (Å²) < 4.78 is 23.5. The minimum absolute atomic E-state index is 0.0169. The molecule has 0 bridgehead atoms. The zero-order chi connectivity index (χ0) is 23.4. The third kappa shape index (κ3) is 8.22. The van der Waals surface area contributed by atoms with Gasteiger partial charge < -0.3 is 19.7 Å². The predicted molar refractivity (Wildman–Crippen MR) is 122 cm³/mol. The van der Waals surface area contributed by atoms with Gasteiger partial charge in [0.2, 0.25) is 7.37 Å². The molecule has 2 unspecified atom stereocenters. The molecular formula is C24H28NO6P. The summed E-state index contributed by atoms with van der Waals surface area (Å²) in [4.78, 5) is 35.5. The summed E-state index contributed by atoms with van der Waals surface area (Å²) in [6.07, 6.45) is 4.15. The number of terminal acetylenes is 1. The van der Waals surface area contributed by atoms with Crippen LogP contribution in [0.25, 0.3) is 0 Å². The Bertz CT molecular complexity index is 957. The zero-order valence-electron chi connectivity index (χ0n) is 18.0. The molecule has 0 aliphatic carbocycles. The van der Waals surface area contributed by atoms with Crippen LogP contribution in [0.4, 0.5) is 4.79 Å². The van der Waals surface area contributed by atoms with Crippen molar-refractivity contribution in [2.24, 2.45) is 5.92 Å². The van der Waals surface area contributed by atoms with E-state index in [1.165, 1.54) is 0 Å². The number of esters is 1. The van der Waals surface area contributed by atoms with Crippen molar-refractivity contribution in [2.75, 3.05) is 12.8 Å². The molecule has 3 atom stereocenters. The first-order valence-electron chi connectivity index (χ1n) is 10.3. The number of carbonyl (C=O) groups excluding carboxylic acids is 2. The van der Waals surface area contributed by atoms with E-state index in [4.69, 9.17) is 15.9 Å². The number of rotatable bonds is 11. The molecule has 0 saturated carbocycles. The number of carbonyl (C=O) groups is 2. The van der Waals surface area contributed by atoms with E-state index in [1.807, 2.05) is 24.3 Å². The number of hydrogen-bond donors (Lipinski definition) is 2. The Labute approximate surface area is 188 Å². The number of hydrogen-bond acceptors (Lipinski definition) is 5. The lowest BCUT2D eigenvalue weighted by Gasteiger charge is -2.26. The van der Waals surface area contributed by atoms with Gasteiger partial charge >= 0.3 is 12.1 Å². The van der Waals surface area contributed by atoms with Gasteiger partial charge in [-0.3, -0.25) is 9.36 Å². The molecule has 0 heterocycles. The van der Waals surface area contributed by atoms with Crippen molar-refractivity contribution < 1.29 is 28.5 Å². The predicted octanol–water partition coefficient (Wildman–Crippen LogP) is 3.95. The van der Waals surface area contributed by atoms with Crippen LogP contribution in [0.1, 0.15) is 24.5 Å². The van der Waals surface area contributed by atoms with Crippen LogP contribution in [0, 0.1) is 18.3 Å². The molecule has 7 nitrogen and oxygen atoms in total. The third-order valence-corrected chi connectivity index (χ3v) is 6.97. The molecular weight excluding hydrogens is 429 g/mol. The summed E-state index contributed by atoms with van der Waals surface area (Å²) in [6.45, 7) is 1.79. The standard InChI is InChI=1S/C24H28NO6P/c1-3-11-21(23(26)30-4-2)18-32(28,29)22(16-19-12-7-5-8-13-19)25-24(27)31-17-20-14-9-6-10-15-20/h1,5-10,12-15,21-22H,4,11,16-18H2,2H3,(H,25,27)(H,28,29)/t21?,22-/m0/s1. The van der Waals surface area contributed by atoms with Gasteiger partial charge in [-0.1, -0.05) is 60.7 Å². The van der Waals surface area contributed by atoms with Crippen LogP contribution in [-0.4, -0.2) is 35.5 Å². The number of alkyl carbamates (subject to hydrolysis) is 1. The minimum Gasteiger partial charge on any atom is -0.466 e. The molecule has 0 aromatic heterocycles. The Morgan fingerprint density at radius 3 is 2.22 bits per heavy atom. The minimum atomic E-state index is -4.09. The Morgan fingerprint density at radius 2 is 1.66 bits per heavy atom. The van der Waals surface area contributed by atoms with Crippen LogP contribution < -0.4 is 5.32 Å². The largest absolute Gasteiger partial charge is 0.466 e. The maximum absolute atomic E-state index is 13.3. The fraction of sp³-hybridized carbons (Fsp3) is 0.333. The first kappa shape index (κ1) is 25.2. The van der Waals surface area contributed by atoms with Gasteiger partial charge in [-0.05, 0) is 18.1 Å². The van der Waals surface area contributed by atoms with Gasteiger partial charge in [-0.15, -0.1) is 12.3 Å². The molecule has 1 amide bonds. The van der Waals surface area contributed by atoms with Crippen LogP contribution in [0.3, 0.4) is 0 Å². The van der Waals surface area contributed by atoms with Crippen molar-refractivity contribution in [3.8, 4) is 12.3 Å². The highest BCUT2D eigenvalue weighted by Crippen LogP contribution is 2.48. The number of nitrogens with one attached hydrogen (secondary N) is 1. The van der Waals surface area contributed by atoms with E-state index in [0.29, 0.717) is 0 Å². The molecule has 0 radical (unpaired) electrons. The third-order valence-electron chi connectivity index (χ3n) is 4.72. The topological polar surface area (TPSA) is 102 Å². The van der Waals surface area contributed by atoms with E-state index in [-0.39, 0.29) is 26.1 Å². The monoisotopic (exact) mass is 457 g/mol. The van der Waals surface area contributed by atoms with Crippen LogP contribution in [0.5, 0.6) is 0 Å². The number of benzene rings is 2. The van der Waals surface area contributed by atoms with Crippen molar-refractivity contribution in [1.29, 1.82) is 0 Å². The van der Waals surface area contributed by atoms with Crippen molar-refractivity contribution in [3.05, 3.63) is 71.8 Å². The van der Waals surface area contributed by atoms with E-state index in [9.17, 15) is 19.0 Å². The second-order valence-electron chi connectivity index (χ2n) is 7.21. The maximum atomic E-state index is 13.3. The van der Waals surface area contributed by atoms with Crippen LogP contribution >= 0.6 is 7.37 Å². The lowest BCUT2D eigenvalue weighted by Crippen LogP contribution is -2.38. The molecule has 2 rings (SSSR count). The fourth-order valence-corrected chi connectivity index (χ4v) is 5.07. The smallest absolute Gasteiger partial charge is 0.408 e. The molecule has 170 valence electrons. The lowest BCUT2D eigenvalue weighted by molar-refractivity contribution is -0.147. The summed E-state index contributed by atoms with van der Waals surface area (Å²) in [7, 11) is -4.09. The molecule has 32 heavy (non-hydrogen) atoms. The first-order valence-corrected chi connectivity index (χ1v) is 12.2. The highest BCUT2D eigenvalue weighted by Gasteiger charge is 2.37. The van der Waals surface area contributed by atoms with Gasteiger partial charge in [0.25, 0.3) is 0 Å². The van der Waals surface area contributed by atoms with Gasteiger partial charge in [0.1, 0.15) is 12.4 Å². The van der Waals surface area contributed by atoms with Crippen LogP contribution in [0.15, 0.2) is 60.7 Å². The second kappa shape index (κ2) is 12.7. The quantitative estimate of drug-likeness (QED) is 0.301. The second-order valence-corrected chi connectivity index (χ2v) is 9.71. The SMILES string of the molecule is C#CCC(CP(=O)(O)[C@@H](Cc1ccccc1)NC(=O)OCc1ccccc1)C(=O)OCC. The Balaban J connectivity index is 2.16. The maximum Gasteiger partial charge on any atom is 0.408 e. The first-order chi connectivity index (χ1) is 15.4. The van der Waals surface area contributed by atoms with E-state index in [1.54, 1.807) is 43.3 Å². The van der Waals surface area contributed by atoms with E-state index in [0.717, 1.165) is 11.1 Å². The van der Waals surface area contributed by atoms with Gasteiger partial charge in [0.05, 0.1) is 12.5 Å². The molecule has 2 aromatic rings. The van der Waals surface area contributed by atoms with Crippen molar-refractivity contribution in [3.63, 3.8) is 0 Å². The average molecular weight is 457 g/mol. The summed E-state index contributed by atoms with van der Waals surface area (Å²) in [6, 6.07) is 18.1. The number of ether oxygens (including phenoxy) is 2. The molecule has 0 aliphatic rings. The average Bonchev–Trinajstić information content (AvgIpc) is 2.78. The molecule has 2 N–H and O–H groups in total. The Kier molecular flexibility index (Phi) is 10.0. The zero-order valence-corrected chi connectivity index (χ0v) is 18.9. The number of amides is 1. The molecule has 8 heteroatoms. The van der Waals surface area contributed by atoms with E-state index in [2.05, 4.69) is 11.2 Å². The van der Waals surface area contributed by atoms with E-state index < -0.39 is 37.3 Å². The van der Waals surface area contributed by atoms with Crippen LogP contribution in [-0.2, 0) is 31.9 Å².